The van der Waals surface area contributed by atoms with Crippen LogP contribution in [0.3, 0.4) is 0 Å². The summed E-state index contributed by atoms with van der Waals surface area (Å²) in [6.07, 6.45) is 0. The summed E-state index contributed by atoms with van der Waals surface area (Å²) in [5.74, 6) is 0.500. The number of fused-ring (bicyclic) bond motifs is 1. The van der Waals surface area contributed by atoms with E-state index < -0.39 is 11.2 Å². The monoisotopic (exact) mass is 342 g/mol. The van der Waals surface area contributed by atoms with Crippen molar-refractivity contribution in [2.75, 3.05) is 0 Å². The van der Waals surface area contributed by atoms with Crippen molar-refractivity contribution < 1.29 is 0 Å². The highest BCUT2D eigenvalue weighted by Gasteiger charge is 2.17. The molecule has 0 fully saturated rings. The molecule has 0 aromatic carbocycles. The Bertz CT molecular complexity index is 1110. The molecule has 4 heterocycles. The van der Waals surface area contributed by atoms with Gasteiger partial charge in [0.1, 0.15) is 5.39 Å². The summed E-state index contributed by atoms with van der Waals surface area (Å²) in [6.45, 7) is 0. The van der Waals surface area contributed by atoms with Gasteiger partial charge >= 0.3 is 5.69 Å². The standard InChI is InChI=1S/C15H10N4O2S2/c1-19-14(20)10-11(8-4-2-6-22-8)16-12(9-5-3-7-23-9)17-13(10)18-15(19)21/h2-7H,1H3,(H,16,17,18,21). The Balaban J connectivity index is 2.17. The van der Waals surface area contributed by atoms with Crippen molar-refractivity contribution in [3.63, 3.8) is 0 Å². The molecule has 0 amide bonds. The van der Waals surface area contributed by atoms with Crippen LogP contribution in [0.1, 0.15) is 0 Å². The Kier molecular flexibility index (Phi) is 3.21. The average Bonchev–Trinajstić information content (AvgIpc) is 3.24. The molecule has 23 heavy (non-hydrogen) atoms. The Hall–Kier alpha value is -2.58. The van der Waals surface area contributed by atoms with Crippen LogP contribution in [0.15, 0.2) is 44.6 Å². The number of hydrogen-bond acceptors (Lipinski definition) is 6. The summed E-state index contributed by atoms with van der Waals surface area (Å²) in [5, 5.41) is 4.18. The van der Waals surface area contributed by atoms with Crippen LogP contribution in [0.25, 0.3) is 32.3 Å². The molecule has 0 aliphatic heterocycles. The molecule has 0 aliphatic carbocycles. The van der Waals surface area contributed by atoms with E-state index in [9.17, 15) is 9.59 Å². The Labute approximate surface area is 137 Å². The fourth-order valence-corrected chi connectivity index (χ4v) is 3.68. The summed E-state index contributed by atoms with van der Waals surface area (Å²) in [6, 6.07) is 7.61. The quantitative estimate of drug-likeness (QED) is 0.607. The highest BCUT2D eigenvalue weighted by atomic mass is 32.1. The lowest BCUT2D eigenvalue weighted by Crippen LogP contribution is -2.33. The fraction of sp³-hybridized carbons (Fsp3) is 0.0667. The molecule has 6 nitrogen and oxygen atoms in total. The van der Waals surface area contributed by atoms with Gasteiger partial charge in [0.15, 0.2) is 11.5 Å². The van der Waals surface area contributed by atoms with Crippen molar-refractivity contribution >= 4 is 33.7 Å². The summed E-state index contributed by atoms with van der Waals surface area (Å²) >= 11 is 2.99. The van der Waals surface area contributed by atoms with E-state index in [-0.39, 0.29) is 5.65 Å². The number of aromatic amines is 1. The van der Waals surface area contributed by atoms with E-state index in [1.54, 1.807) is 0 Å². The van der Waals surface area contributed by atoms with E-state index in [1.165, 1.54) is 29.7 Å². The van der Waals surface area contributed by atoms with Gasteiger partial charge in [-0.15, -0.1) is 22.7 Å². The van der Waals surface area contributed by atoms with E-state index in [0.29, 0.717) is 16.9 Å². The summed E-state index contributed by atoms with van der Waals surface area (Å²) in [7, 11) is 1.44. The van der Waals surface area contributed by atoms with Crippen LogP contribution < -0.4 is 11.2 Å². The third kappa shape index (κ3) is 2.23. The first-order chi connectivity index (χ1) is 11.1. The summed E-state index contributed by atoms with van der Waals surface area (Å²) < 4.78 is 1.04. The van der Waals surface area contributed by atoms with Gasteiger partial charge in [0.2, 0.25) is 0 Å². The number of nitrogens with one attached hydrogen (secondary N) is 1. The normalized spacial score (nSPS) is 11.2. The van der Waals surface area contributed by atoms with E-state index in [0.717, 1.165) is 14.3 Å². The van der Waals surface area contributed by atoms with Crippen LogP contribution in [0, 0.1) is 0 Å². The van der Waals surface area contributed by atoms with E-state index >= 15 is 0 Å². The third-order valence-electron chi connectivity index (χ3n) is 3.45. The van der Waals surface area contributed by atoms with E-state index in [2.05, 4.69) is 15.0 Å². The lowest BCUT2D eigenvalue weighted by atomic mass is 10.2. The number of aromatic nitrogens is 4. The van der Waals surface area contributed by atoms with Crippen LogP contribution in [-0.4, -0.2) is 19.5 Å². The maximum atomic E-state index is 12.5. The minimum absolute atomic E-state index is 0.264. The number of hydrogen-bond donors (Lipinski definition) is 1. The molecule has 0 radical (unpaired) electrons. The predicted molar refractivity (Wildman–Crippen MR) is 92.0 cm³/mol. The fourth-order valence-electron chi connectivity index (χ4n) is 2.31. The Morgan fingerprint density at radius 2 is 1.74 bits per heavy atom. The van der Waals surface area contributed by atoms with Gasteiger partial charge in [0.25, 0.3) is 5.56 Å². The van der Waals surface area contributed by atoms with Gasteiger partial charge in [0, 0.05) is 7.05 Å². The van der Waals surface area contributed by atoms with Gasteiger partial charge in [-0.2, -0.15) is 0 Å². The molecule has 1 N–H and O–H groups in total. The molecule has 0 spiro atoms. The minimum Gasteiger partial charge on any atom is -0.291 e. The maximum absolute atomic E-state index is 12.5. The lowest BCUT2D eigenvalue weighted by molar-refractivity contribution is 0.790. The second-order valence-corrected chi connectivity index (χ2v) is 6.76. The van der Waals surface area contributed by atoms with Gasteiger partial charge in [0.05, 0.1) is 15.4 Å². The van der Waals surface area contributed by atoms with Gasteiger partial charge in [-0.3, -0.25) is 14.3 Å². The predicted octanol–water partition coefficient (Wildman–Crippen LogP) is 2.47. The maximum Gasteiger partial charge on any atom is 0.329 e. The Morgan fingerprint density at radius 3 is 2.39 bits per heavy atom. The zero-order chi connectivity index (χ0) is 16.0. The molecule has 0 saturated heterocycles. The highest BCUT2D eigenvalue weighted by Crippen LogP contribution is 2.30. The van der Waals surface area contributed by atoms with Crippen LogP contribution in [-0.2, 0) is 7.05 Å². The van der Waals surface area contributed by atoms with Gasteiger partial charge in [-0.25, -0.2) is 14.8 Å². The van der Waals surface area contributed by atoms with Gasteiger partial charge in [-0.05, 0) is 22.9 Å². The number of nitrogens with zero attached hydrogens (tertiary/aromatic N) is 3. The highest BCUT2D eigenvalue weighted by molar-refractivity contribution is 7.14. The first-order valence-corrected chi connectivity index (χ1v) is 8.50. The molecular weight excluding hydrogens is 332 g/mol. The minimum atomic E-state index is -0.490. The second-order valence-electron chi connectivity index (χ2n) is 4.87. The van der Waals surface area contributed by atoms with Crippen LogP contribution >= 0.6 is 22.7 Å². The number of thiophene rings is 2. The van der Waals surface area contributed by atoms with E-state index in [4.69, 9.17) is 0 Å². The molecule has 0 bridgehead atoms. The van der Waals surface area contributed by atoms with Crippen molar-refractivity contribution in [1.82, 2.24) is 19.5 Å². The van der Waals surface area contributed by atoms with Crippen molar-refractivity contribution in [3.05, 3.63) is 55.9 Å². The summed E-state index contributed by atoms with van der Waals surface area (Å²) in [5.41, 5.74) is -0.0783. The van der Waals surface area contributed by atoms with E-state index in [1.807, 2.05) is 35.0 Å². The van der Waals surface area contributed by atoms with Crippen molar-refractivity contribution in [1.29, 1.82) is 0 Å². The summed E-state index contributed by atoms with van der Waals surface area (Å²) in [4.78, 5) is 37.8. The zero-order valence-corrected chi connectivity index (χ0v) is 13.6. The first kappa shape index (κ1) is 14.0. The van der Waals surface area contributed by atoms with Gasteiger partial charge < -0.3 is 0 Å². The average molecular weight is 342 g/mol. The third-order valence-corrected chi connectivity index (χ3v) is 5.20. The van der Waals surface area contributed by atoms with Crippen molar-refractivity contribution in [2.24, 2.45) is 7.05 Å². The van der Waals surface area contributed by atoms with Crippen molar-refractivity contribution in [3.8, 4) is 21.3 Å². The Morgan fingerprint density at radius 1 is 1.04 bits per heavy atom. The molecule has 114 valence electrons. The molecule has 0 atom stereocenters. The number of rotatable bonds is 2. The molecule has 8 heteroatoms. The molecule has 0 saturated carbocycles. The lowest BCUT2D eigenvalue weighted by Gasteiger charge is -2.07. The molecule has 4 aromatic rings. The van der Waals surface area contributed by atoms with Crippen LogP contribution in [0.4, 0.5) is 0 Å². The smallest absolute Gasteiger partial charge is 0.291 e. The largest absolute Gasteiger partial charge is 0.329 e. The number of H-pyrrole nitrogens is 1. The SMILES string of the molecule is Cn1c(=O)[nH]c2nc(-c3cccs3)nc(-c3cccs3)c2c1=O. The topological polar surface area (TPSA) is 80.6 Å². The van der Waals surface area contributed by atoms with Crippen LogP contribution in [0.5, 0.6) is 0 Å². The second kappa shape index (κ2) is 5.25. The molecule has 4 rings (SSSR count). The van der Waals surface area contributed by atoms with Gasteiger partial charge in [-0.1, -0.05) is 12.1 Å². The van der Waals surface area contributed by atoms with Crippen molar-refractivity contribution in [2.45, 2.75) is 0 Å². The first-order valence-electron chi connectivity index (χ1n) is 6.74. The van der Waals surface area contributed by atoms with Crippen LogP contribution in [0.2, 0.25) is 0 Å². The zero-order valence-electron chi connectivity index (χ0n) is 11.9. The molecular formula is C15H10N4O2S2. The molecule has 0 unspecified atom stereocenters. The molecule has 0 aliphatic rings. The molecule has 4 aromatic heterocycles.